The van der Waals surface area contributed by atoms with Crippen LogP contribution in [0.25, 0.3) is 0 Å². The second-order valence-corrected chi connectivity index (χ2v) is 7.64. The Morgan fingerprint density at radius 1 is 1.13 bits per heavy atom. The Morgan fingerprint density at radius 2 is 1.78 bits per heavy atom. The number of hydrogen-bond acceptors (Lipinski definition) is 6. The Labute approximate surface area is 136 Å². The molecule has 1 aromatic heterocycles. The van der Waals surface area contributed by atoms with Gasteiger partial charge in [0.25, 0.3) is 10.2 Å². The molecule has 3 heterocycles. The van der Waals surface area contributed by atoms with E-state index in [9.17, 15) is 8.42 Å². The number of hydrogen-bond donors (Lipinski definition) is 0. The fraction of sp³-hybridized carbons (Fsp3) is 0.714. The maximum Gasteiger partial charge on any atom is 0.319 e. The third-order valence-corrected chi connectivity index (χ3v) is 6.23. The standard InChI is InChI=1S/C14H22N4O4S/c1-21-14-15-7-4-13(16-14)22-12-5-10-18(11-6-12)23(19,20)17-8-2-3-9-17/h4,7,12H,2-3,5-6,8-11H2,1H3. The molecular formula is C14H22N4O4S. The van der Waals surface area contributed by atoms with E-state index in [1.807, 2.05) is 0 Å². The van der Waals surface area contributed by atoms with Gasteiger partial charge in [0, 0.05) is 38.4 Å². The monoisotopic (exact) mass is 342 g/mol. The predicted molar refractivity (Wildman–Crippen MR) is 83.5 cm³/mol. The Morgan fingerprint density at radius 3 is 2.43 bits per heavy atom. The number of piperidine rings is 1. The Balaban J connectivity index is 1.55. The van der Waals surface area contributed by atoms with E-state index in [4.69, 9.17) is 9.47 Å². The zero-order valence-electron chi connectivity index (χ0n) is 13.2. The van der Waals surface area contributed by atoms with Crippen molar-refractivity contribution in [1.82, 2.24) is 18.6 Å². The third kappa shape index (κ3) is 3.73. The summed E-state index contributed by atoms with van der Waals surface area (Å²) in [7, 11) is -1.80. The first-order valence-electron chi connectivity index (χ1n) is 7.88. The second-order valence-electron chi connectivity index (χ2n) is 5.71. The minimum Gasteiger partial charge on any atom is -0.474 e. The number of methoxy groups -OCH3 is 1. The average molecular weight is 342 g/mol. The summed E-state index contributed by atoms with van der Waals surface area (Å²) in [5, 5.41) is 0. The van der Waals surface area contributed by atoms with Crippen molar-refractivity contribution >= 4 is 10.2 Å². The van der Waals surface area contributed by atoms with Crippen LogP contribution in [-0.4, -0.2) is 66.4 Å². The molecule has 2 aliphatic heterocycles. The van der Waals surface area contributed by atoms with Crippen LogP contribution in [0.4, 0.5) is 0 Å². The van der Waals surface area contributed by atoms with E-state index >= 15 is 0 Å². The molecule has 0 unspecified atom stereocenters. The van der Waals surface area contributed by atoms with E-state index in [-0.39, 0.29) is 12.1 Å². The van der Waals surface area contributed by atoms with Crippen LogP contribution < -0.4 is 9.47 Å². The van der Waals surface area contributed by atoms with E-state index in [2.05, 4.69) is 9.97 Å². The van der Waals surface area contributed by atoms with Crippen molar-refractivity contribution in [2.45, 2.75) is 31.8 Å². The summed E-state index contributed by atoms with van der Waals surface area (Å²) in [6, 6.07) is 1.94. The maximum absolute atomic E-state index is 12.5. The molecule has 3 rings (SSSR count). The number of ether oxygens (including phenoxy) is 2. The summed E-state index contributed by atoms with van der Waals surface area (Å²) >= 11 is 0. The highest BCUT2D eigenvalue weighted by Gasteiger charge is 2.34. The van der Waals surface area contributed by atoms with Gasteiger partial charge in [0.2, 0.25) is 5.88 Å². The lowest BCUT2D eigenvalue weighted by Crippen LogP contribution is -2.47. The van der Waals surface area contributed by atoms with Crippen LogP contribution in [-0.2, 0) is 10.2 Å². The first-order valence-corrected chi connectivity index (χ1v) is 9.28. The van der Waals surface area contributed by atoms with Crippen molar-refractivity contribution in [3.8, 4) is 11.9 Å². The van der Waals surface area contributed by atoms with Crippen LogP contribution in [0.5, 0.6) is 11.9 Å². The van der Waals surface area contributed by atoms with Crippen molar-refractivity contribution in [1.29, 1.82) is 0 Å². The van der Waals surface area contributed by atoms with E-state index in [1.54, 1.807) is 20.9 Å². The number of nitrogens with zero attached hydrogens (tertiary/aromatic N) is 4. The highest BCUT2D eigenvalue weighted by atomic mass is 32.2. The summed E-state index contributed by atoms with van der Waals surface area (Å²) in [5.41, 5.74) is 0. The van der Waals surface area contributed by atoms with Crippen molar-refractivity contribution < 1.29 is 17.9 Å². The average Bonchev–Trinajstić information content (AvgIpc) is 3.11. The molecule has 0 amide bonds. The smallest absolute Gasteiger partial charge is 0.319 e. The lowest BCUT2D eigenvalue weighted by atomic mass is 10.1. The molecule has 0 spiro atoms. The molecular weight excluding hydrogens is 320 g/mol. The molecule has 9 heteroatoms. The molecule has 1 aromatic rings. The molecule has 128 valence electrons. The van der Waals surface area contributed by atoms with Crippen molar-refractivity contribution in [3.63, 3.8) is 0 Å². The quantitative estimate of drug-likeness (QED) is 0.782. The topological polar surface area (TPSA) is 84.9 Å². The van der Waals surface area contributed by atoms with Gasteiger partial charge in [-0.3, -0.25) is 0 Å². The fourth-order valence-electron chi connectivity index (χ4n) is 2.92. The van der Waals surface area contributed by atoms with Gasteiger partial charge < -0.3 is 9.47 Å². The summed E-state index contributed by atoms with van der Waals surface area (Å²) in [5.74, 6) is 0.456. The van der Waals surface area contributed by atoms with Gasteiger partial charge >= 0.3 is 6.01 Å². The molecule has 0 aromatic carbocycles. The van der Waals surface area contributed by atoms with Gasteiger partial charge in [-0.25, -0.2) is 4.98 Å². The van der Waals surface area contributed by atoms with Gasteiger partial charge in [0.1, 0.15) is 6.10 Å². The third-order valence-electron chi connectivity index (χ3n) is 4.20. The van der Waals surface area contributed by atoms with Crippen LogP contribution in [0.2, 0.25) is 0 Å². The molecule has 2 fully saturated rings. The van der Waals surface area contributed by atoms with Gasteiger partial charge in [0.05, 0.1) is 7.11 Å². The van der Waals surface area contributed by atoms with E-state index in [0.29, 0.717) is 44.9 Å². The Kier molecular flexibility index (Phi) is 4.98. The van der Waals surface area contributed by atoms with Crippen LogP contribution in [0, 0.1) is 0 Å². The molecule has 23 heavy (non-hydrogen) atoms. The van der Waals surface area contributed by atoms with Crippen LogP contribution in [0.3, 0.4) is 0 Å². The van der Waals surface area contributed by atoms with Gasteiger partial charge in [-0.2, -0.15) is 22.0 Å². The van der Waals surface area contributed by atoms with Gasteiger partial charge in [-0.1, -0.05) is 0 Å². The number of aromatic nitrogens is 2. The van der Waals surface area contributed by atoms with E-state index < -0.39 is 10.2 Å². The maximum atomic E-state index is 12.5. The highest BCUT2D eigenvalue weighted by Crippen LogP contribution is 2.23. The van der Waals surface area contributed by atoms with Crippen molar-refractivity contribution in [2.24, 2.45) is 0 Å². The lowest BCUT2D eigenvalue weighted by molar-refractivity contribution is 0.126. The molecule has 0 aliphatic carbocycles. The second kappa shape index (κ2) is 6.98. The largest absolute Gasteiger partial charge is 0.474 e. The molecule has 0 saturated carbocycles. The SMILES string of the molecule is COc1nccc(OC2CCN(S(=O)(=O)N3CCCC3)CC2)n1. The van der Waals surface area contributed by atoms with Crippen molar-refractivity contribution in [2.75, 3.05) is 33.3 Å². The minimum absolute atomic E-state index is 0.0420. The summed E-state index contributed by atoms with van der Waals surface area (Å²) in [4.78, 5) is 8.05. The normalized spacial score (nSPS) is 21.4. The Bertz CT molecular complexity index is 625. The predicted octanol–water partition coefficient (Wildman–Crippen LogP) is 0.669. The first-order chi connectivity index (χ1) is 11.1. The lowest BCUT2D eigenvalue weighted by Gasteiger charge is -2.33. The van der Waals surface area contributed by atoms with Crippen LogP contribution >= 0.6 is 0 Å². The highest BCUT2D eigenvalue weighted by molar-refractivity contribution is 7.86. The fourth-order valence-corrected chi connectivity index (χ4v) is 4.64. The van der Waals surface area contributed by atoms with Gasteiger partial charge in [0.15, 0.2) is 0 Å². The summed E-state index contributed by atoms with van der Waals surface area (Å²) < 4.78 is 39.0. The molecule has 8 nitrogen and oxygen atoms in total. The molecule has 0 radical (unpaired) electrons. The molecule has 0 N–H and O–H groups in total. The van der Waals surface area contributed by atoms with Crippen molar-refractivity contribution in [3.05, 3.63) is 12.3 Å². The molecule has 2 saturated heterocycles. The summed E-state index contributed by atoms with van der Waals surface area (Å²) in [6.07, 6.45) is 4.75. The summed E-state index contributed by atoms with van der Waals surface area (Å²) in [6.45, 7) is 2.23. The van der Waals surface area contributed by atoms with Crippen LogP contribution in [0.1, 0.15) is 25.7 Å². The van der Waals surface area contributed by atoms with E-state index in [0.717, 1.165) is 12.8 Å². The van der Waals surface area contributed by atoms with Gasteiger partial charge in [-0.05, 0) is 25.7 Å². The molecule has 2 aliphatic rings. The Hall–Kier alpha value is -1.45. The molecule has 0 atom stereocenters. The molecule has 0 bridgehead atoms. The zero-order chi connectivity index (χ0) is 16.3. The van der Waals surface area contributed by atoms with Crippen LogP contribution in [0.15, 0.2) is 12.3 Å². The zero-order valence-corrected chi connectivity index (χ0v) is 14.0. The number of rotatable bonds is 5. The van der Waals surface area contributed by atoms with E-state index in [1.165, 1.54) is 7.11 Å². The minimum atomic E-state index is -3.30. The van der Waals surface area contributed by atoms with Gasteiger partial charge in [-0.15, -0.1) is 0 Å². The first kappa shape index (κ1) is 16.4.